The topological polar surface area (TPSA) is 61.4 Å². The number of hydrogen-bond acceptors (Lipinski definition) is 2. The lowest BCUT2D eigenvalue weighted by Gasteiger charge is -2.15. The van der Waals surface area contributed by atoms with E-state index < -0.39 is 5.54 Å². The maximum absolute atomic E-state index is 11.7. The van der Waals surface area contributed by atoms with Crippen LogP contribution in [-0.4, -0.2) is 23.3 Å². The first kappa shape index (κ1) is 12.5. The van der Waals surface area contributed by atoms with Crippen molar-refractivity contribution in [2.75, 3.05) is 11.9 Å². The molecule has 0 atom stereocenters. The Labute approximate surface area is 109 Å². The SMILES string of the molecule is O=C(Nc1cc(Cl)ccc1Cl)NC1(CO)CC1. The molecule has 1 aromatic rings. The molecule has 1 fully saturated rings. The molecule has 0 unspecified atom stereocenters. The summed E-state index contributed by atoms with van der Waals surface area (Å²) >= 11 is 11.7. The van der Waals surface area contributed by atoms with Gasteiger partial charge in [0.05, 0.1) is 22.9 Å². The van der Waals surface area contributed by atoms with Crippen LogP contribution >= 0.6 is 23.2 Å². The minimum Gasteiger partial charge on any atom is -0.394 e. The third-order valence-corrected chi connectivity index (χ3v) is 3.28. The molecule has 1 aliphatic rings. The molecule has 92 valence electrons. The Bertz CT molecular complexity index is 447. The lowest BCUT2D eigenvalue weighted by atomic mass is 10.3. The first-order valence-electron chi connectivity index (χ1n) is 5.20. The second-order valence-corrected chi connectivity index (χ2v) is 4.99. The monoisotopic (exact) mass is 274 g/mol. The third-order valence-electron chi connectivity index (χ3n) is 2.71. The van der Waals surface area contributed by atoms with Crippen molar-refractivity contribution in [1.82, 2.24) is 5.32 Å². The number of nitrogens with one attached hydrogen (secondary N) is 2. The average Bonchev–Trinajstić information content (AvgIpc) is 3.04. The molecule has 3 N–H and O–H groups in total. The van der Waals surface area contributed by atoms with Crippen LogP contribution in [-0.2, 0) is 0 Å². The molecule has 2 rings (SSSR count). The highest BCUT2D eigenvalue weighted by molar-refractivity contribution is 6.35. The number of benzene rings is 1. The Morgan fingerprint density at radius 1 is 1.41 bits per heavy atom. The summed E-state index contributed by atoms with van der Waals surface area (Å²) < 4.78 is 0. The molecule has 0 aromatic heterocycles. The number of urea groups is 1. The number of aliphatic hydroxyl groups is 1. The summed E-state index contributed by atoms with van der Waals surface area (Å²) in [5.41, 5.74) is 0.000179. The van der Waals surface area contributed by atoms with E-state index in [1.807, 2.05) is 0 Å². The molecular weight excluding hydrogens is 263 g/mol. The van der Waals surface area contributed by atoms with Gasteiger partial charge in [0.2, 0.25) is 0 Å². The highest BCUT2D eigenvalue weighted by Gasteiger charge is 2.43. The van der Waals surface area contributed by atoms with Gasteiger partial charge in [-0.05, 0) is 31.0 Å². The molecule has 0 aliphatic heterocycles. The van der Waals surface area contributed by atoms with Gasteiger partial charge in [-0.2, -0.15) is 0 Å². The number of aliphatic hydroxyl groups excluding tert-OH is 1. The van der Waals surface area contributed by atoms with Crippen LogP contribution in [0.3, 0.4) is 0 Å². The number of hydrogen-bond donors (Lipinski definition) is 3. The van der Waals surface area contributed by atoms with Crippen molar-refractivity contribution in [1.29, 1.82) is 0 Å². The van der Waals surface area contributed by atoms with Gasteiger partial charge in [0.25, 0.3) is 0 Å². The fraction of sp³-hybridized carbons (Fsp3) is 0.364. The Morgan fingerprint density at radius 3 is 2.71 bits per heavy atom. The minimum absolute atomic E-state index is 0.0519. The Balaban J connectivity index is 2.00. The van der Waals surface area contributed by atoms with E-state index in [4.69, 9.17) is 28.3 Å². The van der Waals surface area contributed by atoms with Crippen molar-refractivity contribution in [3.8, 4) is 0 Å². The molecule has 2 amide bonds. The van der Waals surface area contributed by atoms with E-state index in [2.05, 4.69) is 10.6 Å². The van der Waals surface area contributed by atoms with E-state index in [1.54, 1.807) is 18.2 Å². The summed E-state index contributed by atoms with van der Waals surface area (Å²) in [5.74, 6) is 0. The van der Waals surface area contributed by atoms with Crippen LogP contribution in [0.25, 0.3) is 0 Å². The standard InChI is InChI=1S/C11H12Cl2N2O2/c12-7-1-2-8(13)9(5-7)14-10(17)15-11(6-16)3-4-11/h1-2,5,16H,3-4,6H2,(H2,14,15,17). The number of amides is 2. The van der Waals surface area contributed by atoms with Crippen LogP contribution in [0.15, 0.2) is 18.2 Å². The second kappa shape index (κ2) is 4.72. The maximum Gasteiger partial charge on any atom is 0.319 e. The number of anilines is 1. The maximum atomic E-state index is 11.7. The van der Waals surface area contributed by atoms with Crippen LogP contribution in [0.2, 0.25) is 10.0 Å². The van der Waals surface area contributed by atoms with Gasteiger partial charge in [0.15, 0.2) is 0 Å². The largest absolute Gasteiger partial charge is 0.394 e. The van der Waals surface area contributed by atoms with Crippen LogP contribution < -0.4 is 10.6 Å². The number of halogens is 2. The highest BCUT2D eigenvalue weighted by atomic mass is 35.5. The molecule has 1 saturated carbocycles. The molecule has 0 spiro atoms. The smallest absolute Gasteiger partial charge is 0.319 e. The predicted molar refractivity (Wildman–Crippen MR) is 67.7 cm³/mol. The zero-order chi connectivity index (χ0) is 12.5. The first-order valence-corrected chi connectivity index (χ1v) is 5.95. The van der Waals surface area contributed by atoms with E-state index >= 15 is 0 Å². The first-order chi connectivity index (χ1) is 8.04. The van der Waals surface area contributed by atoms with E-state index in [-0.39, 0.29) is 12.6 Å². The zero-order valence-corrected chi connectivity index (χ0v) is 10.5. The lowest BCUT2D eigenvalue weighted by Crippen LogP contribution is -2.42. The van der Waals surface area contributed by atoms with Crippen molar-refractivity contribution in [2.24, 2.45) is 0 Å². The van der Waals surface area contributed by atoms with E-state index in [9.17, 15) is 4.79 Å². The Hall–Kier alpha value is -0.970. The molecule has 1 aliphatic carbocycles. The number of carbonyl (C=O) groups is 1. The fourth-order valence-corrected chi connectivity index (χ4v) is 1.80. The van der Waals surface area contributed by atoms with Gasteiger partial charge in [0.1, 0.15) is 0 Å². The van der Waals surface area contributed by atoms with Crippen molar-refractivity contribution >= 4 is 34.9 Å². The molecule has 0 bridgehead atoms. The summed E-state index contributed by atoms with van der Waals surface area (Å²) in [6.07, 6.45) is 1.58. The summed E-state index contributed by atoms with van der Waals surface area (Å²) in [7, 11) is 0. The van der Waals surface area contributed by atoms with E-state index in [0.29, 0.717) is 15.7 Å². The third kappa shape index (κ3) is 3.03. The van der Waals surface area contributed by atoms with E-state index in [1.165, 1.54) is 0 Å². The van der Waals surface area contributed by atoms with Gasteiger partial charge in [-0.1, -0.05) is 23.2 Å². The van der Waals surface area contributed by atoms with Crippen LogP contribution in [0.5, 0.6) is 0 Å². The van der Waals surface area contributed by atoms with Crippen LogP contribution in [0.4, 0.5) is 10.5 Å². The van der Waals surface area contributed by atoms with Crippen molar-refractivity contribution in [3.63, 3.8) is 0 Å². The van der Waals surface area contributed by atoms with Crippen LogP contribution in [0, 0.1) is 0 Å². The van der Waals surface area contributed by atoms with Gasteiger partial charge in [-0.3, -0.25) is 0 Å². The molecular formula is C11H12Cl2N2O2. The number of carbonyl (C=O) groups excluding carboxylic acids is 1. The Morgan fingerprint density at radius 2 is 2.12 bits per heavy atom. The zero-order valence-electron chi connectivity index (χ0n) is 8.96. The predicted octanol–water partition coefficient (Wildman–Crippen LogP) is 2.64. The van der Waals surface area contributed by atoms with Gasteiger partial charge in [0, 0.05) is 5.02 Å². The van der Waals surface area contributed by atoms with Crippen molar-refractivity contribution < 1.29 is 9.90 Å². The summed E-state index contributed by atoms with van der Waals surface area (Å²) in [4.78, 5) is 11.7. The molecule has 0 heterocycles. The lowest BCUT2D eigenvalue weighted by molar-refractivity contribution is 0.217. The number of rotatable bonds is 3. The van der Waals surface area contributed by atoms with E-state index in [0.717, 1.165) is 12.8 Å². The minimum atomic E-state index is -0.449. The van der Waals surface area contributed by atoms with Gasteiger partial charge in [-0.25, -0.2) is 4.79 Å². The molecule has 0 radical (unpaired) electrons. The van der Waals surface area contributed by atoms with Gasteiger partial charge in [-0.15, -0.1) is 0 Å². The summed E-state index contributed by atoms with van der Waals surface area (Å²) in [5, 5.41) is 15.3. The summed E-state index contributed by atoms with van der Waals surface area (Å²) in [6.45, 7) is -0.0519. The quantitative estimate of drug-likeness (QED) is 0.794. The second-order valence-electron chi connectivity index (χ2n) is 4.14. The summed E-state index contributed by atoms with van der Waals surface area (Å²) in [6, 6.07) is 4.43. The van der Waals surface area contributed by atoms with Crippen LogP contribution in [0.1, 0.15) is 12.8 Å². The Kier molecular flexibility index (Phi) is 3.47. The average molecular weight is 275 g/mol. The molecule has 17 heavy (non-hydrogen) atoms. The fourth-order valence-electron chi connectivity index (χ4n) is 1.46. The molecule has 1 aromatic carbocycles. The highest BCUT2D eigenvalue weighted by Crippen LogP contribution is 2.34. The van der Waals surface area contributed by atoms with Crippen molar-refractivity contribution in [3.05, 3.63) is 28.2 Å². The molecule has 6 heteroatoms. The van der Waals surface area contributed by atoms with Gasteiger partial charge < -0.3 is 15.7 Å². The molecule has 4 nitrogen and oxygen atoms in total. The van der Waals surface area contributed by atoms with Gasteiger partial charge >= 0.3 is 6.03 Å². The normalized spacial score (nSPS) is 16.4. The molecule has 0 saturated heterocycles. The van der Waals surface area contributed by atoms with Crippen molar-refractivity contribution in [2.45, 2.75) is 18.4 Å².